The number of ether oxygens (including phenoxy) is 2. The SMILES string of the molecule is CC(C)OC(=O)N1CCC(OCc2n[nH]c(=O)o2)CC1. The largest absolute Gasteiger partial charge is 0.447 e. The lowest BCUT2D eigenvalue weighted by atomic mass is 10.1. The van der Waals surface area contributed by atoms with Gasteiger partial charge in [0.05, 0.1) is 12.2 Å². The number of carbonyl (C=O) groups is 1. The number of likely N-dealkylation sites (tertiary alicyclic amines) is 1. The van der Waals surface area contributed by atoms with Crippen molar-refractivity contribution in [3.8, 4) is 0 Å². The summed E-state index contributed by atoms with van der Waals surface area (Å²) in [5.74, 6) is -0.355. The molecular formula is C12H19N3O5. The normalized spacial score (nSPS) is 16.6. The van der Waals surface area contributed by atoms with E-state index in [4.69, 9.17) is 13.9 Å². The van der Waals surface area contributed by atoms with Crippen molar-refractivity contribution < 1.29 is 18.7 Å². The maximum atomic E-state index is 11.7. The average Bonchev–Trinajstić information content (AvgIpc) is 2.82. The van der Waals surface area contributed by atoms with E-state index in [1.807, 2.05) is 13.8 Å². The van der Waals surface area contributed by atoms with E-state index < -0.39 is 5.76 Å². The van der Waals surface area contributed by atoms with E-state index in [1.54, 1.807) is 4.90 Å². The molecule has 1 aromatic rings. The Bertz CT molecular complexity index is 487. The van der Waals surface area contributed by atoms with Crippen LogP contribution >= 0.6 is 0 Å². The Kier molecular flexibility index (Phi) is 4.78. The van der Waals surface area contributed by atoms with E-state index in [2.05, 4.69) is 10.2 Å². The summed E-state index contributed by atoms with van der Waals surface area (Å²) in [6.45, 7) is 5.00. The van der Waals surface area contributed by atoms with Crippen LogP contribution in [0.5, 0.6) is 0 Å². The Morgan fingerprint density at radius 3 is 2.75 bits per heavy atom. The van der Waals surface area contributed by atoms with Crippen LogP contribution in [-0.4, -0.2) is 46.5 Å². The van der Waals surface area contributed by atoms with E-state index in [1.165, 1.54) is 0 Å². The Morgan fingerprint density at radius 1 is 1.50 bits per heavy atom. The van der Waals surface area contributed by atoms with Crippen LogP contribution in [0.2, 0.25) is 0 Å². The van der Waals surface area contributed by atoms with Crippen molar-refractivity contribution in [2.75, 3.05) is 13.1 Å². The number of carbonyl (C=O) groups excluding carboxylic acids is 1. The van der Waals surface area contributed by atoms with Gasteiger partial charge in [-0.3, -0.25) is 0 Å². The van der Waals surface area contributed by atoms with Crippen LogP contribution in [0.15, 0.2) is 9.21 Å². The standard InChI is InChI=1S/C12H19N3O5/c1-8(2)19-12(17)15-5-3-9(4-6-15)18-7-10-13-14-11(16)20-10/h8-9H,3-7H2,1-2H3,(H,14,16). The fraction of sp³-hybridized carbons (Fsp3) is 0.750. The van der Waals surface area contributed by atoms with E-state index in [0.29, 0.717) is 13.1 Å². The van der Waals surface area contributed by atoms with Gasteiger partial charge in [-0.1, -0.05) is 0 Å². The van der Waals surface area contributed by atoms with Crippen molar-refractivity contribution in [1.29, 1.82) is 0 Å². The second kappa shape index (κ2) is 6.56. The smallest absolute Gasteiger partial charge is 0.434 e. The third-order valence-corrected chi connectivity index (χ3v) is 2.96. The van der Waals surface area contributed by atoms with Gasteiger partial charge in [0.1, 0.15) is 6.61 Å². The molecule has 0 aliphatic carbocycles. The maximum Gasteiger partial charge on any atom is 0.434 e. The van der Waals surface area contributed by atoms with Crippen molar-refractivity contribution in [3.63, 3.8) is 0 Å². The van der Waals surface area contributed by atoms with Crippen LogP contribution in [0.3, 0.4) is 0 Å². The topological polar surface area (TPSA) is 97.7 Å². The molecule has 8 heteroatoms. The molecule has 1 aliphatic rings. The van der Waals surface area contributed by atoms with E-state index in [9.17, 15) is 9.59 Å². The van der Waals surface area contributed by atoms with Crippen LogP contribution in [0, 0.1) is 0 Å². The van der Waals surface area contributed by atoms with Gasteiger partial charge in [-0.25, -0.2) is 14.7 Å². The first-order valence-electron chi connectivity index (χ1n) is 6.66. The fourth-order valence-corrected chi connectivity index (χ4v) is 1.99. The minimum absolute atomic E-state index is 0.0279. The monoisotopic (exact) mass is 285 g/mol. The number of nitrogens with one attached hydrogen (secondary N) is 1. The van der Waals surface area contributed by atoms with Gasteiger partial charge in [0.25, 0.3) is 0 Å². The summed E-state index contributed by atoms with van der Waals surface area (Å²) in [5, 5.41) is 5.84. The zero-order valence-corrected chi connectivity index (χ0v) is 11.6. The highest BCUT2D eigenvalue weighted by atomic mass is 16.6. The average molecular weight is 285 g/mol. The molecular weight excluding hydrogens is 266 g/mol. The molecule has 1 saturated heterocycles. The lowest BCUT2D eigenvalue weighted by Crippen LogP contribution is -2.41. The fourth-order valence-electron chi connectivity index (χ4n) is 1.99. The molecule has 20 heavy (non-hydrogen) atoms. The van der Waals surface area contributed by atoms with Crippen LogP contribution in [0.4, 0.5) is 4.79 Å². The molecule has 2 heterocycles. The van der Waals surface area contributed by atoms with Gasteiger partial charge in [-0.05, 0) is 26.7 Å². The molecule has 0 aromatic carbocycles. The summed E-state index contributed by atoms with van der Waals surface area (Å²) >= 11 is 0. The van der Waals surface area contributed by atoms with Crippen LogP contribution < -0.4 is 5.76 Å². The van der Waals surface area contributed by atoms with Crippen molar-refractivity contribution in [3.05, 3.63) is 16.4 Å². The second-order valence-electron chi connectivity index (χ2n) is 4.94. The Morgan fingerprint density at radius 2 is 2.20 bits per heavy atom. The second-order valence-corrected chi connectivity index (χ2v) is 4.94. The first-order valence-corrected chi connectivity index (χ1v) is 6.66. The summed E-state index contributed by atoms with van der Waals surface area (Å²) in [6.07, 6.45) is 1.08. The summed E-state index contributed by atoms with van der Waals surface area (Å²) in [7, 11) is 0. The molecule has 8 nitrogen and oxygen atoms in total. The van der Waals surface area contributed by atoms with Crippen molar-refractivity contribution in [1.82, 2.24) is 15.1 Å². The number of rotatable bonds is 4. The zero-order valence-electron chi connectivity index (χ0n) is 11.6. The zero-order chi connectivity index (χ0) is 14.5. The number of aromatic nitrogens is 2. The van der Waals surface area contributed by atoms with Crippen molar-refractivity contribution in [2.45, 2.75) is 45.5 Å². The van der Waals surface area contributed by atoms with E-state index in [-0.39, 0.29) is 30.8 Å². The molecule has 0 atom stereocenters. The highest BCUT2D eigenvalue weighted by Crippen LogP contribution is 2.16. The number of nitrogens with zero attached hydrogens (tertiary/aromatic N) is 2. The summed E-state index contributed by atoms with van der Waals surface area (Å²) in [4.78, 5) is 24.1. The molecule has 112 valence electrons. The quantitative estimate of drug-likeness (QED) is 0.882. The molecule has 1 aliphatic heterocycles. The van der Waals surface area contributed by atoms with Crippen molar-refractivity contribution >= 4 is 6.09 Å². The molecule has 1 aromatic heterocycles. The number of hydrogen-bond donors (Lipinski definition) is 1. The summed E-state index contributed by atoms with van der Waals surface area (Å²) in [6, 6.07) is 0. The van der Waals surface area contributed by atoms with Crippen molar-refractivity contribution in [2.24, 2.45) is 0 Å². The predicted molar refractivity (Wildman–Crippen MR) is 68.1 cm³/mol. The Labute approximate surface area is 116 Å². The summed E-state index contributed by atoms with van der Waals surface area (Å²) in [5.41, 5.74) is 0. The van der Waals surface area contributed by atoms with Gasteiger partial charge < -0.3 is 18.8 Å². The van der Waals surface area contributed by atoms with E-state index in [0.717, 1.165) is 12.8 Å². The molecule has 0 bridgehead atoms. The molecule has 0 saturated carbocycles. The van der Waals surface area contributed by atoms with Crippen LogP contribution in [0.1, 0.15) is 32.6 Å². The highest BCUT2D eigenvalue weighted by molar-refractivity contribution is 5.67. The maximum absolute atomic E-state index is 11.7. The first-order chi connectivity index (χ1) is 9.54. The molecule has 1 fully saturated rings. The van der Waals surface area contributed by atoms with E-state index >= 15 is 0 Å². The number of piperidine rings is 1. The number of amides is 1. The van der Waals surface area contributed by atoms with Gasteiger partial charge in [0, 0.05) is 13.1 Å². The lowest BCUT2D eigenvalue weighted by molar-refractivity contribution is -0.0136. The first kappa shape index (κ1) is 14.6. The molecule has 2 rings (SSSR count). The Hall–Kier alpha value is -1.83. The van der Waals surface area contributed by atoms with Gasteiger partial charge in [0.2, 0.25) is 5.89 Å². The van der Waals surface area contributed by atoms with Gasteiger partial charge >= 0.3 is 11.8 Å². The van der Waals surface area contributed by atoms with Crippen LogP contribution in [-0.2, 0) is 16.1 Å². The number of hydrogen-bond acceptors (Lipinski definition) is 6. The van der Waals surface area contributed by atoms with Gasteiger partial charge in [-0.15, -0.1) is 5.10 Å². The lowest BCUT2D eigenvalue weighted by Gasteiger charge is -2.31. The third-order valence-electron chi connectivity index (χ3n) is 2.96. The summed E-state index contributed by atoms with van der Waals surface area (Å²) < 4.78 is 15.5. The molecule has 0 unspecified atom stereocenters. The minimum Gasteiger partial charge on any atom is -0.447 e. The van der Waals surface area contributed by atoms with Gasteiger partial charge in [0.15, 0.2) is 0 Å². The molecule has 1 N–H and O–H groups in total. The highest BCUT2D eigenvalue weighted by Gasteiger charge is 2.25. The molecule has 0 spiro atoms. The Balaban J connectivity index is 1.71. The molecule has 0 radical (unpaired) electrons. The number of aromatic amines is 1. The van der Waals surface area contributed by atoms with Crippen LogP contribution in [0.25, 0.3) is 0 Å². The predicted octanol–water partition coefficient (Wildman–Crippen LogP) is 0.889. The minimum atomic E-state index is -0.588. The number of H-pyrrole nitrogens is 1. The third kappa shape index (κ3) is 4.09. The molecule has 1 amide bonds. The van der Waals surface area contributed by atoms with Gasteiger partial charge in [-0.2, -0.15) is 0 Å².